The molecule has 6 heteroatoms. The Balaban J connectivity index is 1.65. The van der Waals surface area contributed by atoms with E-state index in [0.717, 1.165) is 0 Å². The van der Waals surface area contributed by atoms with Crippen molar-refractivity contribution < 1.29 is 13.9 Å². The van der Waals surface area contributed by atoms with Gasteiger partial charge in [-0.1, -0.05) is 35.3 Å². The number of benzene rings is 3. The quantitative estimate of drug-likeness (QED) is 0.307. The number of ether oxygens (including phenoxy) is 1. The van der Waals surface area contributed by atoms with E-state index < -0.39 is 5.97 Å². The molecule has 0 N–H and O–H groups in total. The second-order valence-corrected chi connectivity index (χ2v) is 6.91. The van der Waals surface area contributed by atoms with Crippen LogP contribution in [0.3, 0.4) is 0 Å². The van der Waals surface area contributed by atoms with Crippen molar-refractivity contribution in [3.05, 3.63) is 98.8 Å². The summed E-state index contributed by atoms with van der Waals surface area (Å²) in [5.74, 6) is -0.258. The predicted octanol–water partition coefficient (Wildman–Crippen LogP) is 5.99. The van der Waals surface area contributed by atoms with Crippen LogP contribution in [0.5, 0.6) is 5.75 Å². The molecule has 4 nitrogen and oxygen atoms in total. The van der Waals surface area contributed by atoms with Gasteiger partial charge in [0.1, 0.15) is 17.6 Å². The van der Waals surface area contributed by atoms with Crippen molar-refractivity contribution in [2.24, 2.45) is 0 Å². The molecule has 0 atom stereocenters. The molecule has 0 aliphatic carbocycles. The third-order valence-electron chi connectivity index (χ3n) is 4.19. The Hall–Kier alpha value is -3.08. The monoisotopic (exact) mass is 410 g/mol. The second kappa shape index (κ2) is 7.50. The lowest BCUT2D eigenvalue weighted by atomic mass is 10.1. The third-order valence-corrected chi connectivity index (χ3v) is 4.70. The van der Waals surface area contributed by atoms with Crippen molar-refractivity contribution in [1.29, 1.82) is 0 Å². The lowest BCUT2D eigenvalue weighted by Crippen LogP contribution is -2.09. The fourth-order valence-electron chi connectivity index (χ4n) is 2.75. The summed E-state index contributed by atoms with van der Waals surface area (Å²) in [7, 11) is 0. The maximum atomic E-state index is 12.8. The number of fused-ring (bicyclic) bond motifs is 1. The smallest absolute Gasteiger partial charge is 0.343 e. The van der Waals surface area contributed by atoms with Crippen molar-refractivity contribution in [3.8, 4) is 16.9 Å². The molecule has 0 fully saturated rings. The first-order valence-electron chi connectivity index (χ1n) is 8.30. The summed E-state index contributed by atoms with van der Waals surface area (Å²) in [6.07, 6.45) is 1.39. The van der Waals surface area contributed by atoms with Gasteiger partial charge in [0.15, 0.2) is 5.43 Å². The molecule has 1 heterocycles. The van der Waals surface area contributed by atoms with Gasteiger partial charge >= 0.3 is 5.97 Å². The SMILES string of the molecule is O=C(Oc1ccc2c(=O)c(-c3ccc(Cl)cc3)coc2c1)c1ccc(Cl)cc1. The number of halogens is 2. The van der Waals surface area contributed by atoms with Gasteiger partial charge in [-0.2, -0.15) is 0 Å². The standard InChI is InChI=1S/C22H12Cl2O4/c23-15-5-1-13(2-6-15)19-12-27-20-11-17(9-10-18(20)21(19)25)28-22(26)14-3-7-16(24)8-4-14/h1-12H. The number of carbonyl (C=O) groups is 1. The number of carbonyl (C=O) groups excluding carboxylic acids is 1. The average molecular weight is 411 g/mol. The molecular weight excluding hydrogens is 399 g/mol. The van der Waals surface area contributed by atoms with Crippen LogP contribution in [-0.2, 0) is 0 Å². The molecule has 0 aliphatic rings. The van der Waals surface area contributed by atoms with E-state index in [9.17, 15) is 9.59 Å². The first-order chi connectivity index (χ1) is 13.5. The lowest BCUT2D eigenvalue weighted by molar-refractivity contribution is 0.0735. The molecule has 0 saturated heterocycles. The summed E-state index contributed by atoms with van der Waals surface area (Å²) >= 11 is 11.7. The Morgan fingerprint density at radius 2 is 1.50 bits per heavy atom. The van der Waals surface area contributed by atoms with Crippen LogP contribution in [-0.4, -0.2) is 5.97 Å². The number of hydrogen-bond acceptors (Lipinski definition) is 4. The van der Waals surface area contributed by atoms with Crippen molar-refractivity contribution in [1.82, 2.24) is 0 Å². The Labute approximate surface area is 169 Å². The van der Waals surface area contributed by atoms with E-state index >= 15 is 0 Å². The lowest BCUT2D eigenvalue weighted by Gasteiger charge is -2.07. The van der Waals surface area contributed by atoms with Gasteiger partial charge in [0.05, 0.1) is 16.5 Å². The van der Waals surface area contributed by atoms with E-state index in [2.05, 4.69) is 0 Å². The highest BCUT2D eigenvalue weighted by molar-refractivity contribution is 6.30. The van der Waals surface area contributed by atoms with Crippen LogP contribution in [0.4, 0.5) is 0 Å². The minimum Gasteiger partial charge on any atom is -0.463 e. The molecule has 4 aromatic rings. The average Bonchev–Trinajstić information content (AvgIpc) is 2.69. The highest BCUT2D eigenvalue weighted by Gasteiger charge is 2.13. The number of esters is 1. The van der Waals surface area contributed by atoms with Gasteiger partial charge in [-0.25, -0.2) is 4.79 Å². The van der Waals surface area contributed by atoms with E-state index in [1.165, 1.54) is 12.3 Å². The van der Waals surface area contributed by atoms with Gasteiger partial charge in [0.25, 0.3) is 0 Å². The molecule has 3 aromatic carbocycles. The fraction of sp³-hybridized carbons (Fsp3) is 0. The van der Waals surface area contributed by atoms with Gasteiger partial charge in [-0.05, 0) is 54.1 Å². The summed E-state index contributed by atoms with van der Waals surface area (Å²) in [5, 5.41) is 1.50. The molecule has 4 rings (SSSR count). The molecular formula is C22H12Cl2O4. The van der Waals surface area contributed by atoms with Crippen LogP contribution in [0.2, 0.25) is 10.0 Å². The highest BCUT2D eigenvalue weighted by atomic mass is 35.5. The largest absolute Gasteiger partial charge is 0.463 e. The Morgan fingerprint density at radius 1 is 0.857 bits per heavy atom. The van der Waals surface area contributed by atoms with Gasteiger partial charge in [-0.3, -0.25) is 4.79 Å². The summed E-state index contributed by atoms with van der Waals surface area (Å²) in [4.78, 5) is 25.0. The van der Waals surface area contributed by atoms with Gasteiger partial charge in [0.2, 0.25) is 0 Å². The molecule has 0 unspecified atom stereocenters. The zero-order chi connectivity index (χ0) is 19.7. The van der Waals surface area contributed by atoms with Crippen molar-refractivity contribution in [3.63, 3.8) is 0 Å². The molecule has 0 amide bonds. The van der Waals surface area contributed by atoms with Gasteiger partial charge < -0.3 is 9.15 Å². The van der Waals surface area contributed by atoms with E-state index in [1.807, 2.05) is 0 Å². The summed E-state index contributed by atoms with van der Waals surface area (Å²) in [6, 6.07) is 17.9. The molecule has 1 aromatic heterocycles. The molecule has 0 bridgehead atoms. The molecule has 28 heavy (non-hydrogen) atoms. The Bertz CT molecular complexity index is 1230. The van der Waals surface area contributed by atoms with E-state index in [-0.39, 0.29) is 11.2 Å². The fourth-order valence-corrected chi connectivity index (χ4v) is 3.00. The third kappa shape index (κ3) is 3.65. The van der Waals surface area contributed by atoms with E-state index in [1.54, 1.807) is 60.7 Å². The predicted molar refractivity (Wildman–Crippen MR) is 109 cm³/mol. The van der Waals surface area contributed by atoms with Gasteiger partial charge in [-0.15, -0.1) is 0 Å². The Morgan fingerprint density at radius 3 is 2.18 bits per heavy atom. The van der Waals surface area contributed by atoms with Crippen LogP contribution < -0.4 is 10.2 Å². The normalized spacial score (nSPS) is 10.8. The number of hydrogen-bond donors (Lipinski definition) is 0. The van der Waals surface area contributed by atoms with Crippen LogP contribution in [0.15, 0.2) is 82.2 Å². The van der Waals surface area contributed by atoms with Crippen molar-refractivity contribution >= 4 is 40.1 Å². The zero-order valence-corrected chi connectivity index (χ0v) is 15.8. The van der Waals surface area contributed by atoms with Crippen LogP contribution >= 0.6 is 23.2 Å². The summed E-state index contributed by atoms with van der Waals surface area (Å²) in [5.41, 5.74) is 1.64. The minimum absolute atomic E-state index is 0.181. The van der Waals surface area contributed by atoms with E-state index in [0.29, 0.717) is 37.7 Å². The maximum absolute atomic E-state index is 12.8. The zero-order valence-electron chi connectivity index (χ0n) is 14.3. The van der Waals surface area contributed by atoms with Gasteiger partial charge in [0, 0.05) is 16.1 Å². The maximum Gasteiger partial charge on any atom is 0.343 e. The van der Waals surface area contributed by atoms with E-state index in [4.69, 9.17) is 32.4 Å². The van der Waals surface area contributed by atoms with Crippen LogP contribution in [0, 0.1) is 0 Å². The molecule has 138 valence electrons. The second-order valence-electron chi connectivity index (χ2n) is 6.04. The summed E-state index contributed by atoms with van der Waals surface area (Å²) < 4.78 is 11.0. The molecule has 0 saturated carbocycles. The first kappa shape index (κ1) is 18.3. The van der Waals surface area contributed by atoms with Crippen LogP contribution in [0.1, 0.15) is 10.4 Å². The van der Waals surface area contributed by atoms with Crippen LogP contribution in [0.25, 0.3) is 22.1 Å². The Kier molecular flexibility index (Phi) is 4.90. The minimum atomic E-state index is -0.531. The van der Waals surface area contributed by atoms with Crippen molar-refractivity contribution in [2.75, 3.05) is 0 Å². The molecule has 0 radical (unpaired) electrons. The topological polar surface area (TPSA) is 56.5 Å². The molecule has 0 spiro atoms. The molecule has 0 aliphatic heterocycles. The van der Waals surface area contributed by atoms with Crippen molar-refractivity contribution in [2.45, 2.75) is 0 Å². The first-order valence-corrected chi connectivity index (χ1v) is 9.06. The highest BCUT2D eigenvalue weighted by Crippen LogP contribution is 2.24. The summed E-state index contributed by atoms with van der Waals surface area (Å²) in [6.45, 7) is 0. The number of rotatable bonds is 3.